The summed E-state index contributed by atoms with van der Waals surface area (Å²) < 4.78 is 0. The summed E-state index contributed by atoms with van der Waals surface area (Å²) in [5, 5.41) is 0. The van der Waals surface area contributed by atoms with Crippen molar-refractivity contribution in [3.05, 3.63) is 0 Å². The third-order valence-electron chi connectivity index (χ3n) is 0.592. The molecule has 0 radical (unpaired) electrons. The Morgan fingerprint density at radius 1 is 1.44 bits per heavy atom. The summed E-state index contributed by atoms with van der Waals surface area (Å²) in [6.07, 6.45) is -0.391. The fraction of sp³-hybridized carbons (Fsp3) is 0.500. The number of alkyl halides is 2. The molecule has 0 saturated carbocycles. The van der Waals surface area contributed by atoms with E-state index in [2.05, 4.69) is 5.73 Å². The zero-order valence-electron chi connectivity index (χ0n) is 4.43. The number of carbonyl (C=O) groups excluding carboxylic acids is 2. The minimum Gasteiger partial charge on any atom is -0.369 e. The third kappa shape index (κ3) is 4.24. The van der Waals surface area contributed by atoms with Crippen molar-refractivity contribution in [2.24, 2.45) is 5.73 Å². The van der Waals surface area contributed by atoms with Crippen LogP contribution < -0.4 is 5.73 Å². The maximum atomic E-state index is 10.4. The minimum absolute atomic E-state index is 0.391. The number of rotatable bonds is 3. The van der Waals surface area contributed by atoms with Crippen molar-refractivity contribution in [1.29, 1.82) is 0 Å². The van der Waals surface area contributed by atoms with E-state index in [0.717, 1.165) is 0 Å². The van der Waals surface area contributed by atoms with Gasteiger partial charge in [0.2, 0.25) is 5.91 Å². The molecule has 0 bridgehead atoms. The average molecular weight is 170 g/mol. The van der Waals surface area contributed by atoms with Gasteiger partial charge in [0, 0.05) is 0 Å². The highest BCUT2D eigenvalue weighted by Gasteiger charge is 2.13. The Morgan fingerprint density at radius 2 is 1.89 bits per heavy atom. The van der Waals surface area contributed by atoms with Crippen LogP contribution in [0.4, 0.5) is 0 Å². The monoisotopic (exact) mass is 169 g/mol. The molecule has 0 aromatic carbocycles. The van der Waals surface area contributed by atoms with Crippen LogP contribution in [0, 0.1) is 0 Å². The number of amides is 1. The summed E-state index contributed by atoms with van der Waals surface area (Å²) in [5.74, 6) is -1.28. The maximum absolute atomic E-state index is 10.4. The number of hydrogen-bond donors (Lipinski definition) is 1. The van der Waals surface area contributed by atoms with Crippen LogP contribution in [0.3, 0.4) is 0 Å². The highest BCUT2D eigenvalue weighted by atomic mass is 35.5. The molecule has 3 nitrogen and oxygen atoms in total. The summed E-state index contributed by atoms with van der Waals surface area (Å²) in [4.78, 5) is 19.2. The quantitative estimate of drug-likeness (QED) is 0.486. The Hall–Kier alpha value is -0.280. The summed E-state index contributed by atoms with van der Waals surface area (Å²) in [7, 11) is 0. The first kappa shape index (κ1) is 8.72. The highest BCUT2D eigenvalue weighted by molar-refractivity contribution is 6.54. The van der Waals surface area contributed by atoms with Gasteiger partial charge in [-0.1, -0.05) is 23.2 Å². The van der Waals surface area contributed by atoms with Crippen LogP contribution in [-0.2, 0) is 9.59 Å². The van der Waals surface area contributed by atoms with Crippen LogP contribution in [0.2, 0.25) is 0 Å². The molecule has 0 aromatic rings. The smallest absolute Gasteiger partial charge is 0.224 e. The van der Waals surface area contributed by atoms with Crippen LogP contribution in [0.15, 0.2) is 0 Å². The third-order valence-corrected chi connectivity index (χ3v) is 1.08. The number of ketones is 1. The van der Waals surface area contributed by atoms with Crippen LogP contribution in [-0.4, -0.2) is 16.5 Å². The standard InChI is InChI=1S/C4H5Cl2NO2/c5-4(6)2(8)1-3(7)9/h4H,1H2,(H2,7,9). The van der Waals surface area contributed by atoms with Crippen molar-refractivity contribution in [2.45, 2.75) is 11.3 Å². The predicted molar refractivity (Wildman–Crippen MR) is 34.3 cm³/mol. The van der Waals surface area contributed by atoms with E-state index in [4.69, 9.17) is 23.2 Å². The largest absolute Gasteiger partial charge is 0.369 e. The molecule has 0 aromatic heterocycles. The predicted octanol–water partition coefficient (Wildman–Crippen LogP) is 0.235. The molecule has 0 aliphatic rings. The van der Waals surface area contributed by atoms with Crippen molar-refractivity contribution in [3.63, 3.8) is 0 Å². The van der Waals surface area contributed by atoms with E-state index in [0.29, 0.717) is 0 Å². The second kappa shape index (κ2) is 3.69. The Morgan fingerprint density at radius 3 is 2.00 bits per heavy atom. The Balaban J connectivity index is 3.64. The Labute approximate surface area is 62.1 Å². The number of Topliss-reactive ketones (excluding diaryl/α,β-unsaturated/α-hetero) is 1. The van der Waals surface area contributed by atoms with Gasteiger partial charge in [0.1, 0.15) is 0 Å². The SMILES string of the molecule is NC(=O)CC(=O)C(Cl)Cl. The maximum Gasteiger partial charge on any atom is 0.224 e. The topological polar surface area (TPSA) is 60.2 Å². The lowest BCUT2D eigenvalue weighted by Gasteiger charge is -1.94. The number of hydrogen-bond acceptors (Lipinski definition) is 2. The van der Waals surface area contributed by atoms with Gasteiger partial charge in [-0.2, -0.15) is 0 Å². The number of primary amides is 1. The normalized spacial score (nSPS) is 9.67. The van der Waals surface area contributed by atoms with E-state index < -0.39 is 22.9 Å². The summed E-state index contributed by atoms with van der Waals surface area (Å²) in [6.45, 7) is 0. The van der Waals surface area contributed by atoms with Crippen LogP contribution in [0.5, 0.6) is 0 Å². The molecule has 0 fully saturated rings. The van der Waals surface area contributed by atoms with Gasteiger partial charge in [0.25, 0.3) is 0 Å². The molecule has 0 saturated heterocycles. The Bertz CT molecular complexity index is 135. The first-order chi connectivity index (χ1) is 4.04. The van der Waals surface area contributed by atoms with Crippen LogP contribution in [0.1, 0.15) is 6.42 Å². The molecule has 0 atom stereocenters. The first-order valence-corrected chi connectivity index (χ1v) is 3.00. The molecule has 0 rings (SSSR count). The van der Waals surface area contributed by atoms with Crippen molar-refractivity contribution < 1.29 is 9.59 Å². The number of nitrogens with two attached hydrogens (primary N) is 1. The van der Waals surface area contributed by atoms with Gasteiger partial charge in [0.05, 0.1) is 6.42 Å². The fourth-order valence-electron chi connectivity index (χ4n) is 0.249. The molecular formula is C4H5Cl2NO2. The van der Waals surface area contributed by atoms with Gasteiger partial charge in [-0.25, -0.2) is 0 Å². The second-order valence-corrected chi connectivity index (χ2v) is 2.51. The Kier molecular flexibility index (Phi) is 3.58. The molecule has 9 heavy (non-hydrogen) atoms. The lowest BCUT2D eigenvalue weighted by Crippen LogP contribution is -2.19. The van der Waals surface area contributed by atoms with E-state index in [1.54, 1.807) is 0 Å². The summed E-state index contributed by atoms with van der Waals surface area (Å²) in [5.41, 5.74) is 4.65. The van der Waals surface area contributed by atoms with Gasteiger partial charge in [-0.15, -0.1) is 0 Å². The summed E-state index contributed by atoms with van der Waals surface area (Å²) in [6, 6.07) is 0. The van der Waals surface area contributed by atoms with Gasteiger partial charge in [-0.3, -0.25) is 9.59 Å². The van der Waals surface area contributed by atoms with Gasteiger partial charge >= 0.3 is 0 Å². The molecule has 5 heteroatoms. The van der Waals surface area contributed by atoms with Crippen LogP contribution >= 0.6 is 23.2 Å². The van der Waals surface area contributed by atoms with E-state index >= 15 is 0 Å². The molecule has 0 unspecified atom stereocenters. The van der Waals surface area contributed by atoms with Gasteiger partial charge < -0.3 is 5.73 Å². The average Bonchev–Trinajstić information content (AvgIpc) is 1.63. The molecule has 2 N–H and O–H groups in total. The molecule has 0 spiro atoms. The van der Waals surface area contributed by atoms with E-state index in [1.807, 2.05) is 0 Å². The number of halogens is 2. The minimum atomic E-state index is -1.14. The van der Waals surface area contributed by atoms with Gasteiger partial charge in [0.15, 0.2) is 10.6 Å². The highest BCUT2D eigenvalue weighted by Crippen LogP contribution is 2.04. The van der Waals surface area contributed by atoms with Gasteiger partial charge in [-0.05, 0) is 0 Å². The second-order valence-electron chi connectivity index (χ2n) is 1.41. The van der Waals surface area contributed by atoms with Crippen molar-refractivity contribution >= 4 is 34.9 Å². The van der Waals surface area contributed by atoms with Crippen molar-refractivity contribution in [1.82, 2.24) is 0 Å². The lowest BCUT2D eigenvalue weighted by molar-refractivity contribution is -0.125. The molecule has 1 amide bonds. The molecule has 0 aliphatic heterocycles. The first-order valence-electron chi connectivity index (χ1n) is 2.13. The molecule has 52 valence electrons. The summed E-state index contributed by atoms with van der Waals surface area (Å²) >= 11 is 10.2. The molecule has 0 heterocycles. The lowest BCUT2D eigenvalue weighted by atomic mass is 10.3. The fourth-order valence-corrected chi connectivity index (χ4v) is 0.403. The zero-order chi connectivity index (χ0) is 7.44. The molecule has 0 aliphatic carbocycles. The molecular weight excluding hydrogens is 165 g/mol. The van der Waals surface area contributed by atoms with E-state index in [-0.39, 0.29) is 0 Å². The van der Waals surface area contributed by atoms with Crippen molar-refractivity contribution in [3.8, 4) is 0 Å². The van der Waals surface area contributed by atoms with Crippen LogP contribution in [0.25, 0.3) is 0 Å². The zero-order valence-corrected chi connectivity index (χ0v) is 5.95. The number of carbonyl (C=O) groups is 2. The van der Waals surface area contributed by atoms with Crippen molar-refractivity contribution in [2.75, 3.05) is 0 Å². The van der Waals surface area contributed by atoms with E-state index in [1.165, 1.54) is 0 Å². The van der Waals surface area contributed by atoms with E-state index in [9.17, 15) is 9.59 Å².